The normalized spacial score (nSPS) is 17.6. The number of rotatable bonds is 10. The van der Waals surface area contributed by atoms with Crippen molar-refractivity contribution in [3.63, 3.8) is 0 Å². The summed E-state index contributed by atoms with van der Waals surface area (Å²) in [6.07, 6.45) is 3.33. The molecule has 1 aromatic rings. The monoisotopic (exact) mass is 394 g/mol. The van der Waals surface area contributed by atoms with Crippen LogP contribution < -0.4 is 10.6 Å². The lowest BCUT2D eigenvalue weighted by Crippen LogP contribution is -2.49. The van der Waals surface area contributed by atoms with Crippen LogP contribution in [0.1, 0.15) is 24.8 Å². The average molecular weight is 395 g/mol. The zero-order valence-corrected chi connectivity index (χ0v) is 17.5. The van der Waals surface area contributed by atoms with Crippen molar-refractivity contribution in [2.75, 3.05) is 52.7 Å². The molecule has 1 aliphatic heterocycles. The van der Waals surface area contributed by atoms with Gasteiger partial charge in [0.05, 0.1) is 0 Å². The van der Waals surface area contributed by atoms with Crippen molar-refractivity contribution in [2.24, 2.45) is 4.99 Å². The first kappa shape index (κ1) is 21.9. The molecular weight excluding hydrogens is 360 g/mol. The summed E-state index contributed by atoms with van der Waals surface area (Å²) < 4.78 is 17.3. The molecule has 0 aliphatic carbocycles. The predicted octanol–water partition coefficient (Wildman–Crippen LogP) is 1.60. The number of nitrogens with one attached hydrogen (secondary N) is 2. The molecule has 0 aromatic heterocycles. The molecule has 2 N–H and O–H groups in total. The van der Waals surface area contributed by atoms with Crippen LogP contribution in [0, 0.1) is 0 Å². The molecule has 7 heteroatoms. The minimum absolute atomic E-state index is 0.449. The Morgan fingerprint density at radius 3 is 2.70 bits per heavy atom. The number of ether oxygens (including phenoxy) is 1. The quantitative estimate of drug-likeness (QED) is 0.358. The predicted molar refractivity (Wildman–Crippen MR) is 114 cm³/mol. The third-order valence-corrected chi connectivity index (χ3v) is 6.08. The summed E-state index contributed by atoms with van der Waals surface area (Å²) in [5, 5.41) is 6.81. The van der Waals surface area contributed by atoms with Crippen molar-refractivity contribution in [3.05, 3.63) is 35.9 Å². The summed E-state index contributed by atoms with van der Waals surface area (Å²) in [4.78, 5) is 6.81. The van der Waals surface area contributed by atoms with E-state index in [1.54, 1.807) is 14.2 Å². The van der Waals surface area contributed by atoms with Gasteiger partial charge in [-0.2, -0.15) is 0 Å². The number of likely N-dealkylation sites (tertiary alicyclic amines) is 1. The van der Waals surface area contributed by atoms with Crippen LogP contribution in [0.15, 0.2) is 35.3 Å². The van der Waals surface area contributed by atoms with E-state index in [4.69, 9.17) is 4.74 Å². The van der Waals surface area contributed by atoms with Gasteiger partial charge in [0.25, 0.3) is 0 Å². The maximum Gasteiger partial charge on any atom is 0.191 e. The summed E-state index contributed by atoms with van der Waals surface area (Å²) >= 11 is 0. The van der Waals surface area contributed by atoms with Crippen LogP contribution in [0.4, 0.5) is 0 Å². The number of guanidine groups is 1. The van der Waals surface area contributed by atoms with Crippen molar-refractivity contribution in [1.82, 2.24) is 15.5 Å². The second-order valence-corrected chi connectivity index (χ2v) is 8.46. The van der Waals surface area contributed by atoms with Crippen LogP contribution >= 0.6 is 0 Å². The van der Waals surface area contributed by atoms with E-state index in [1.165, 1.54) is 0 Å². The molecule has 0 spiro atoms. The molecule has 1 saturated heterocycles. The van der Waals surface area contributed by atoms with Crippen LogP contribution in [0.25, 0.3) is 0 Å². The van der Waals surface area contributed by atoms with E-state index in [9.17, 15) is 4.21 Å². The summed E-state index contributed by atoms with van der Waals surface area (Å²) in [5.41, 5.74) is 1.12. The van der Waals surface area contributed by atoms with E-state index < -0.39 is 10.8 Å². The molecule has 0 saturated carbocycles. The molecule has 27 heavy (non-hydrogen) atoms. The number of aliphatic imine (C=N–C) groups is 1. The van der Waals surface area contributed by atoms with Gasteiger partial charge in [0.15, 0.2) is 5.96 Å². The second-order valence-electron chi connectivity index (χ2n) is 6.88. The topological polar surface area (TPSA) is 66.0 Å². The van der Waals surface area contributed by atoms with E-state index >= 15 is 0 Å². The maximum absolute atomic E-state index is 12.2. The molecule has 152 valence electrons. The summed E-state index contributed by atoms with van der Waals surface area (Å²) in [6, 6.07) is 10.4. The van der Waals surface area contributed by atoms with Gasteiger partial charge < -0.3 is 20.3 Å². The van der Waals surface area contributed by atoms with Crippen LogP contribution in [0.2, 0.25) is 0 Å². The first-order chi connectivity index (χ1) is 13.2. The fourth-order valence-electron chi connectivity index (χ4n) is 3.24. The lowest BCUT2D eigenvalue weighted by Gasteiger charge is -2.33. The summed E-state index contributed by atoms with van der Waals surface area (Å²) in [6.45, 7) is 4.83. The van der Waals surface area contributed by atoms with Crippen LogP contribution in [0.5, 0.6) is 0 Å². The Morgan fingerprint density at radius 1 is 1.30 bits per heavy atom. The molecule has 1 fully saturated rings. The zero-order chi connectivity index (χ0) is 19.3. The Bertz CT molecular complexity index is 575. The highest BCUT2D eigenvalue weighted by Crippen LogP contribution is 2.10. The number of nitrogens with zero attached hydrogens (tertiary/aromatic N) is 2. The SMILES string of the molecule is CN=C(NCCS(=O)Cc1ccccc1)NC1CCN(CCCOC)CC1. The Morgan fingerprint density at radius 2 is 2.04 bits per heavy atom. The molecule has 2 rings (SSSR count). The summed E-state index contributed by atoms with van der Waals surface area (Å²) in [7, 11) is 2.68. The lowest BCUT2D eigenvalue weighted by atomic mass is 10.1. The van der Waals surface area contributed by atoms with Gasteiger partial charge in [-0.15, -0.1) is 0 Å². The van der Waals surface area contributed by atoms with Gasteiger partial charge in [-0.3, -0.25) is 9.20 Å². The highest BCUT2D eigenvalue weighted by molar-refractivity contribution is 7.84. The van der Waals surface area contributed by atoms with Crippen LogP contribution in [-0.4, -0.2) is 73.8 Å². The molecule has 1 atom stereocenters. The van der Waals surface area contributed by atoms with E-state index in [2.05, 4.69) is 20.5 Å². The Balaban J connectivity index is 1.61. The Kier molecular flexibility index (Phi) is 10.4. The van der Waals surface area contributed by atoms with Crippen LogP contribution in [0.3, 0.4) is 0 Å². The van der Waals surface area contributed by atoms with Gasteiger partial charge in [-0.05, 0) is 24.8 Å². The first-order valence-corrected chi connectivity index (χ1v) is 11.3. The molecule has 0 amide bonds. The fraction of sp³-hybridized carbons (Fsp3) is 0.650. The Hall–Kier alpha value is -1.44. The second kappa shape index (κ2) is 12.9. The van der Waals surface area contributed by atoms with Gasteiger partial charge in [0.2, 0.25) is 0 Å². The van der Waals surface area contributed by atoms with E-state index in [-0.39, 0.29) is 0 Å². The average Bonchev–Trinajstić information content (AvgIpc) is 2.69. The zero-order valence-electron chi connectivity index (χ0n) is 16.7. The van der Waals surface area contributed by atoms with Gasteiger partial charge in [0, 0.05) is 75.3 Å². The largest absolute Gasteiger partial charge is 0.385 e. The van der Waals surface area contributed by atoms with E-state index in [0.29, 0.717) is 24.1 Å². The minimum atomic E-state index is -0.867. The molecule has 1 aromatic carbocycles. The molecule has 0 bridgehead atoms. The van der Waals surface area contributed by atoms with Crippen molar-refractivity contribution < 1.29 is 8.95 Å². The number of hydrogen-bond acceptors (Lipinski definition) is 4. The highest BCUT2D eigenvalue weighted by Gasteiger charge is 2.19. The molecule has 1 heterocycles. The Labute approximate surface area is 166 Å². The van der Waals surface area contributed by atoms with E-state index in [0.717, 1.165) is 57.0 Å². The lowest BCUT2D eigenvalue weighted by molar-refractivity contribution is 0.155. The van der Waals surface area contributed by atoms with Crippen molar-refractivity contribution in [3.8, 4) is 0 Å². The minimum Gasteiger partial charge on any atom is -0.385 e. The van der Waals surface area contributed by atoms with Crippen molar-refractivity contribution >= 4 is 16.8 Å². The van der Waals surface area contributed by atoms with E-state index in [1.807, 2.05) is 30.3 Å². The third kappa shape index (κ3) is 8.86. The van der Waals surface area contributed by atoms with Gasteiger partial charge in [0.1, 0.15) is 0 Å². The molecule has 0 radical (unpaired) electrons. The fourth-order valence-corrected chi connectivity index (χ4v) is 4.28. The van der Waals surface area contributed by atoms with Crippen molar-refractivity contribution in [2.45, 2.75) is 31.1 Å². The molecule has 1 aliphatic rings. The number of piperidine rings is 1. The van der Waals surface area contributed by atoms with Crippen LogP contribution in [-0.2, 0) is 21.3 Å². The standard InChI is InChI=1S/C20H34N4O2S/c1-21-20(22-11-16-27(25)17-18-7-4-3-5-8-18)23-19-9-13-24(14-10-19)12-6-15-26-2/h3-5,7-8,19H,6,9-17H2,1-2H3,(H2,21,22,23). The summed E-state index contributed by atoms with van der Waals surface area (Å²) in [5.74, 6) is 2.04. The third-order valence-electron chi connectivity index (χ3n) is 4.77. The van der Waals surface area contributed by atoms with Gasteiger partial charge >= 0.3 is 0 Å². The van der Waals surface area contributed by atoms with Crippen molar-refractivity contribution in [1.29, 1.82) is 0 Å². The van der Waals surface area contributed by atoms with Gasteiger partial charge in [-0.25, -0.2) is 0 Å². The smallest absolute Gasteiger partial charge is 0.191 e. The molecule has 1 unspecified atom stereocenters. The number of methoxy groups -OCH3 is 1. The number of benzene rings is 1. The highest BCUT2D eigenvalue weighted by atomic mass is 32.2. The molecular formula is C20H34N4O2S. The maximum atomic E-state index is 12.2. The van der Waals surface area contributed by atoms with Gasteiger partial charge in [-0.1, -0.05) is 30.3 Å². The molecule has 6 nitrogen and oxygen atoms in total. The first-order valence-electron chi connectivity index (χ1n) is 9.78. The number of hydrogen-bond donors (Lipinski definition) is 2.